The van der Waals surface area contributed by atoms with Gasteiger partial charge in [0, 0.05) is 4.88 Å². The maximum absolute atomic E-state index is 13.9. The zero-order chi connectivity index (χ0) is 22.7. The highest BCUT2D eigenvalue weighted by Crippen LogP contribution is 2.38. The average molecular weight is 459 g/mol. The van der Waals surface area contributed by atoms with E-state index in [0.717, 1.165) is 42.5 Å². The highest BCUT2D eigenvalue weighted by atomic mass is 32.1. The third-order valence-corrected chi connectivity index (χ3v) is 6.65. The molecule has 32 heavy (non-hydrogen) atoms. The highest BCUT2D eigenvalue weighted by Gasteiger charge is 2.28. The van der Waals surface area contributed by atoms with Crippen molar-refractivity contribution in [3.63, 3.8) is 0 Å². The molecule has 0 radical (unpaired) electrons. The van der Waals surface area contributed by atoms with E-state index >= 15 is 0 Å². The van der Waals surface area contributed by atoms with Gasteiger partial charge in [0.05, 0.1) is 18.2 Å². The van der Waals surface area contributed by atoms with Gasteiger partial charge in [-0.25, -0.2) is 9.18 Å². The first-order valence-corrected chi connectivity index (χ1v) is 11.2. The Morgan fingerprint density at radius 3 is 2.78 bits per heavy atom. The van der Waals surface area contributed by atoms with Crippen molar-refractivity contribution in [3.05, 3.63) is 63.1 Å². The van der Waals surface area contributed by atoms with Crippen LogP contribution >= 0.6 is 11.3 Å². The second-order valence-electron chi connectivity index (χ2n) is 7.50. The van der Waals surface area contributed by atoms with Crippen molar-refractivity contribution in [2.24, 2.45) is 0 Å². The predicted molar refractivity (Wildman–Crippen MR) is 117 cm³/mol. The molecular formula is C23H23FN2O5S. The number of carbonyl (C=O) groups excluding carboxylic acids is 2. The summed E-state index contributed by atoms with van der Waals surface area (Å²) in [6.45, 7) is 1.56. The van der Waals surface area contributed by atoms with Gasteiger partial charge in [-0.1, -0.05) is 23.7 Å². The zero-order valence-corrected chi connectivity index (χ0v) is 18.6. The Morgan fingerprint density at radius 1 is 1.22 bits per heavy atom. The van der Waals surface area contributed by atoms with Gasteiger partial charge < -0.3 is 19.3 Å². The topological polar surface area (TPSA) is 90.7 Å². The average Bonchev–Trinajstić information content (AvgIpc) is 3.23. The molecule has 168 valence electrons. The van der Waals surface area contributed by atoms with Crippen LogP contribution in [0.2, 0.25) is 0 Å². The molecule has 1 aromatic carbocycles. The second kappa shape index (κ2) is 9.52. The lowest BCUT2D eigenvalue weighted by molar-refractivity contribution is 0.0601. The number of thiophene rings is 1. The number of rotatable bonds is 6. The lowest BCUT2D eigenvalue weighted by Crippen LogP contribution is -2.17. The quantitative estimate of drug-likeness (QED) is 0.410. The molecule has 0 atom stereocenters. The van der Waals surface area contributed by atoms with E-state index in [9.17, 15) is 14.0 Å². The van der Waals surface area contributed by atoms with E-state index in [0.29, 0.717) is 21.9 Å². The minimum absolute atomic E-state index is 0.0262. The fourth-order valence-electron chi connectivity index (χ4n) is 3.76. The molecule has 0 bridgehead atoms. The zero-order valence-electron chi connectivity index (χ0n) is 17.8. The van der Waals surface area contributed by atoms with Gasteiger partial charge in [0.15, 0.2) is 17.3 Å². The van der Waals surface area contributed by atoms with Crippen LogP contribution in [0.1, 0.15) is 61.9 Å². The summed E-state index contributed by atoms with van der Waals surface area (Å²) in [4.78, 5) is 26.7. The van der Waals surface area contributed by atoms with Crippen LogP contribution in [0.5, 0.6) is 5.75 Å². The lowest BCUT2D eigenvalue weighted by atomic mass is 10.1. The Morgan fingerprint density at radius 2 is 2.00 bits per heavy atom. The highest BCUT2D eigenvalue weighted by molar-refractivity contribution is 7.17. The van der Waals surface area contributed by atoms with Gasteiger partial charge in [0.2, 0.25) is 0 Å². The SMILES string of the molecule is COC(=O)c1c(NC(=O)c2noc(C)c2COc2ccccc2F)sc2c1CCCCC2. The van der Waals surface area contributed by atoms with Crippen LogP contribution in [0.25, 0.3) is 0 Å². The van der Waals surface area contributed by atoms with Crippen LogP contribution in [0, 0.1) is 12.7 Å². The molecule has 7 nitrogen and oxygen atoms in total. The summed E-state index contributed by atoms with van der Waals surface area (Å²) in [5.41, 5.74) is 1.79. The Kier molecular flexibility index (Phi) is 6.55. The molecule has 0 unspecified atom stereocenters. The molecule has 0 fully saturated rings. The van der Waals surface area contributed by atoms with Gasteiger partial charge in [-0.3, -0.25) is 4.79 Å². The van der Waals surface area contributed by atoms with Gasteiger partial charge in [-0.05, 0) is 50.3 Å². The number of aromatic nitrogens is 1. The molecule has 1 aliphatic carbocycles. The van der Waals surface area contributed by atoms with Gasteiger partial charge >= 0.3 is 5.97 Å². The molecule has 2 aromatic heterocycles. The van der Waals surface area contributed by atoms with Crippen LogP contribution in [0.4, 0.5) is 9.39 Å². The number of para-hydroxylation sites is 1. The third-order valence-electron chi connectivity index (χ3n) is 5.45. The van der Waals surface area contributed by atoms with Gasteiger partial charge in [-0.15, -0.1) is 11.3 Å². The van der Waals surface area contributed by atoms with Crippen molar-refractivity contribution in [2.45, 2.75) is 45.6 Å². The number of aryl methyl sites for hydroxylation is 2. The maximum Gasteiger partial charge on any atom is 0.341 e. The summed E-state index contributed by atoms with van der Waals surface area (Å²) in [6, 6.07) is 6.01. The second-order valence-corrected chi connectivity index (χ2v) is 8.60. The number of carbonyl (C=O) groups is 2. The monoisotopic (exact) mass is 458 g/mol. The van der Waals surface area contributed by atoms with E-state index in [4.69, 9.17) is 14.0 Å². The fourth-order valence-corrected chi connectivity index (χ4v) is 5.03. The number of hydrogen-bond acceptors (Lipinski definition) is 7. The Labute approximate surface area is 188 Å². The molecule has 4 rings (SSSR count). The lowest BCUT2D eigenvalue weighted by Gasteiger charge is -2.09. The predicted octanol–water partition coefficient (Wildman–Crippen LogP) is 5.07. The molecule has 0 saturated heterocycles. The van der Waals surface area contributed by atoms with Crippen molar-refractivity contribution in [3.8, 4) is 5.75 Å². The van der Waals surface area contributed by atoms with E-state index in [1.165, 1.54) is 30.6 Å². The van der Waals surface area contributed by atoms with Crippen LogP contribution in [-0.4, -0.2) is 24.1 Å². The normalized spacial score (nSPS) is 13.2. The van der Waals surface area contributed by atoms with E-state index in [1.54, 1.807) is 19.1 Å². The summed E-state index contributed by atoms with van der Waals surface area (Å²) in [7, 11) is 1.33. The largest absolute Gasteiger partial charge is 0.486 e. The van der Waals surface area contributed by atoms with Crippen molar-refractivity contribution < 1.29 is 28.0 Å². The summed E-state index contributed by atoms with van der Waals surface area (Å²) in [6.07, 6.45) is 4.78. The molecule has 0 saturated carbocycles. The number of halogens is 1. The number of anilines is 1. The van der Waals surface area contributed by atoms with E-state index in [-0.39, 0.29) is 18.1 Å². The summed E-state index contributed by atoms with van der Waals surface area (Å²) in [5.74, 6) is -1.05. The number of nitrogens with zero attached hydrogens (tertiary/aromatic N) is 1. The van der Waals surface area contributed by atoms with Crippen molar-refractivity contribution in [2.75, 3.05) is 12.4 Å². The number of ether oxygens (including phenoxy) is 2. The first-order valence-electron chi connectivity index (χ1n) is 10.4. The van der Waals surface area contributed by atoms with Gasteiger partial charge in [0.25, 0.3) is 5.91 Å². The molecule has 1 N–H and O–H groups in total. The fraction of sp³-hybridized carbons (Fsp3) is 0.348. The molecule has 0 spiro atoms. The van der Waals surface area contributed by atoms with E-state index in [2.05, 4.69) is 10.5 Å². The maximum atomic E-state index is 13.9. The first kappa shape index (κ1) is 22.0. The van der Waals surface area contributed by atoms with Crippen molar-refractivity contribution >= 4 is 28.2 Å². The van der Waals surface area contributed by atoms with Crippen molar-refractivity contribution in [1.82, 2.24) is 5.16 Å². The first-order chi connectivity index (χ1) is 15.5. The van der Waals surface area contributed by atoms with E-state index < -0.39 is 17.7 Å². The summed E-state index contributed by atoms with van der Waals surface area (Å²) >= 11 is 1.39. The number of esters is 1. The number of hydrogen-bond donors (Lipinski definition) is 1. The number of benzene rings is 1. The Balaban J connectivity index is 1.59. The molecule has 9 heteroatoms. The molecule has 2 heterocycles. The number of nitrogens with one attached hydrogen (secondary N) is 1. The minimum atomic E-state index is -0.532. The molecule has 3 aromatic rings. The van der Waals surface area contributed by atoms with Crippen LogP contribution in [0.3, 0.4) is 0 Å². The molecule has 1 aliphatic rings. The molecule has 0 aliphatic heterocycles. The Hall–Kier alpha value is -3.20. The third kappa shape index (κ3) is 4.38. The summed E-state index contributed by atoms with van der Waals surface area (Å²) < 4.78 is 29.6. The van der Waals surface area contributed by atoms with Crippen LogP contribution in [0.15, 0.2) is 28.8 Å². The molecule has 1 amide bonds. The standard InChI is InChI=1S/C23H23FN2O5S/c1-13-15(12-30-17-10-7-6-9-16(17)24)20(26-31-13)21(27)25-22-19(23(28)29-2)14-8-4-3-5-11-18(14)32-22/h6-7,9-10H,3-5,8,11-12H2,1-2H3,(H,25,27). The van der Waals surface area contributed by atoms with Crippen LogP contribution in [-0.2, 0) is 24.2 Å². The van der Waals surface area contributed by atoms with E-state index in [1.807, 2.05) is 0 Å². The molecular weight excluding hydrogens is 435 g/mol. The smallest absolute Gasteiger partial charge is 0.341 e. The van der Waals surface area contributed by atoms with Crippen molar-refractivity contribution in [1.29, 1.82) is 0 Å². The van der Waals surface area contributed by atoms with Gasteiger partial charge in [-0.2, -0.15) is 0 Å². The van der Waals surface area contributed by atoms with Gasteiger partial charge in [0.1, 0.15) is 17.4 Å². The number of fused-ring (bicyclic) bond motifs is 1. The number of amides is 1. The Bertz CT molecular complexity index is 1150. The minimum Gasteiger partial charge on any atom is -0.486 e. The summed E-state index contributed by atoms with van der Waals surface area (Å²) in [5, 5.41) is 7.12. The van der Waals surface area contributed by atoms with Crippen LogP contribution < -0.4 is 10.1 Å². The number of methoxy groups -OCH3 is 1.